The van der Waals surface area contributed by atoms with Gasteiger partial charge in [-0.15, -0.1) is 11.3 Å². The summed E-state index contributed by atoms with van der Waals surface area (Å²) in [6.07, 6.45) is 0. The maximum Gasteiger partial charge on any atom is 0.185 e. The van der Waals surface area contributed by atoms with Crippen molar-refractivity contribution in [2.75, 3.05) is 0 Å². The Bertz CT molecular complexity index is 3310. The fourth-order valence-electron chi connectivity index (χ4n) is 9.49. The number of para-hydroxylation sites is 1. The second-order valence-electron chi connectivity index (χ2n) is 14.9. The second-order valence-corrected chi connectivity index (χ2v) is 19.7. The monoisotopic (exact) mass is 759 g/mol. The Kier molecular flexibility index (Phi) is 7.12. The largest absolute Gasteiger partial charge is 0.309 e. The van der Waals surface area contributed by atoms with Crippen LogP contribution in [-0.4, -0.2) is 22.6 Å². The summed E-state index contributed by atoms with van der Waals surface area (Å²) < 4.78 is 5.06. The van der Waals surface area contributed by atoms with E-state index in [0.717, 1.165) is 34.0 Å². The zero-order valence-corrected chi connectivity index (χ0v) is 32.6. The summed E-state index contributed by atoms with van der Waals surface area (Å²) in [5, 5.41) is 10.4. The average Bonchev–Trinajstić information content (AvgIpc) is 3.92. The minimum absolute atomic E-state index is 0.736. The van der Waals surface area contributed by atoms with Gasteiger partial charge in [0.15, 0.2) is 13.9 Å². The van der Waals surface area contributed by atoms with Crippen LogP contribution >= 0.6 is 11.3 Å². The highest BCUT2D eigenvalue weighted by Crippen LogP contribution is 2.41. The molecule has 4 heterocycles. The van der Waals surface area contributed by atoms with Gasteiger partial charge in [-0.3, -0.25) is 0 Å². The number of thiophene rings is 1. The van der Waals surface area contributed by atoms with Gasteiger partial charge in [-0.2, -0.15) is 0 Å². The van der Waals surface area contributed by atoms with Gasteiger partial charge in [-0.05, 0) is 52.0 Å². The van der Waals surface area contributed by atoms with Crippen molar-refractivity contribution in [2.45, 2.75) is 0 Å². The van der Waals surface area contributed by atoms with E-state index < -0.39 is 8.07 Å². The molecule has 0 atom stereocenters. The highest BCUT2D eigenvalue weighted by Gasteiger charge is 2.51. The van der Waals surface area contributed by atoms with Crippen molar-refractivity contribution in [1.29, 1.82) is 0 Å². The molecule has 0 saturated carbocycles. The molecule has 57 heavy (non-hydrogen) atoms. The van der Waals surface area contributed by atoms with Crippen LogP contribution in [0.1, 0.15) is 0 Å². The smallest absolute Gasteiger partial charge is 0.185 e. The molecule has 1 aliphatic rings. The van der Waals surface area contributed by atoms with E-state index in [9.17, 15) is 0 Å². The van der Waals surface area contributed by atoms with E-state index in [0.29, 0.717) is 0 Å². The molecule has 0 saturated heterocycles. The Hall–Kier alpha value is -6.92. The van der Waals surface area contributed by atoms with Crippen LogP contribution in [0.3, 0.4) is 0 Å². The number of benzene rings is 8. The molecule has 11 aromatic rings. The normalized spacial score (nSPS) is 13.1. The van der Waals surface area contributed by atoms with Crippen LogP contribution in [0.4, 0.5) is 0 Å². The molecule has 5 heteroatoms. The third kappa shape index (κ3) is 4.70. The first-order valence-electron chi connectivity index (χ1n) is 19.4. The third-order valence-corrected chi connectivity index (χ3v) is 17.9. The lowest BCUT2D eigenvalue weighted by atomic mass is 10.1. The van der Waals surface area contributed by atoms with Crippen LogP contribution in [-0.2, 0) is 0 Å². The number of hydrogen-bond donors (Lipinski definition) is 0. The van der Waals surface area contributed by atoms with Gasteiger partial charge in [0, 0.05) is 58.5 Å². The Balaban J connectivity index is 1.18. The van der Waals surface area contributed by atoms with Crippen LogP contribution in [0.2, 0.25) is 0 Å². The molecule has 8 aromatic carbocycles. The molecule has 0 amide bonds. The van der Waals surface area contributed by atoms with E-state index in [1.807, 2.05) is 11.3 Å². The van der Waals surface area contributed by atoms with Crippen molar-refractivity contribution in [1.82, 2.24) is 14.5 Å². The number of aromatic nitrogens is 3. The highest BCUT2D eigenvalue weighted by molar-refractivity contribution is 7.26. The minimum Gasteiger partial charge on any atom is -0.309 e. The topological polar surface area (TPSA) is 30.7 Å². The first-order valence-corrected chi connectivity index (χ1v) is 22.2. The molecule has 12 rings (SSSR count). The van der Waals surface area contributed by atoms with Crippen molar-refractivity contribution < 1.29 is 0 Å². The molecule has 0 bridgehead atoms. The summed E-state index contributed by atoms with van der Waals surface area (Å²) in [4.78, 5) is 11.2. The van der Waals surface area contributed by atoms with Gasteiger partial charge in [0.25, 0.3) is 0 Å². The van der Waals surface area contributed by atoms with Crippen molar-refractivity contribution in [3.8, 4) is 39.6 Å². The zero-order chi connectivity index (χ0) is 37.5. The number of nitrogens with zero attached hydrogens (tertiary/aromatic N) is 3. The highest BCUT2D eigenvalue weighted by atomic mass is 32.1. The van der Waals surface area contributed by atoms with Gasteiger partial charge in [0.05, 0.1) is 22.4 Å². The quantitative estimate of drug-likeness (QED) is 0.164. The van der Waals surface area contributed by atoms with Crippen LogP contribution < -0.4 is 20.7 Å². The van der Waals surface area contributed by atoms with Crippen LogP contribution in [0, 0.1) is 0 Å². The molecule has 0 N–H and O–H groups in total. The summed E-state index contributed by atoms with van der Waals surface area (Å²) in [6.45, 7) is 0. The number of hydrogen-bond acceptors (Lipinski definition) is 3. The first-order chi connectivity index (χ1) is 28.3. The lowest BCUT2D eigenvalue weighted by Crippen LogP contribution is -2.73. The number of fused-ring (bicyclic) bond motifs is 9. The summed E-state index contributed by atoms with van der Waals surface area (Å²) in [5.41, 5.74) is 8.79. The van der Waals surface area contributed by atoms with Crippen LogP contribution in [0.5, 0.6) is 0 Å². The van der Waals surface area contributed by atoms with Gasteiger partial charge < -0.3 is 4.57 Å². The Morgan fingerprint density at radius 3 is 1.84 bits per heavy atom. The van der Waals surface area contributed by atoms with Crippen molar-refractivity contribution in [3.05, 3.63) is 200 Å². The third-order valence-electron chi connectivity index (χ3n) is 11.9. The summed E-state index contributed by atoms with van der Waals surface area (Å²) >= 11 is 1.87. The molecule has 0 fully saturated rings. The predicted molar refractivity (Wildman–Crippen MR) is 243 cm³/mol. The molecule has 1 aliphatic heterocycles. The lowest BCUT2D eigenvalue weighted by molar-refractivity contribution is 1.17. The van der Waals surface area contributed by atoms with Gasteiger partial charge >= 0.3 is 0 Å². The Labute approximate surface area is 334 Å². The minimum atomic E-state index is -2.93. The Morgan fingerprint density at radius 2 is 1.05 bits per heavy atom. The van der Waals surface area contributed by atoms with E-state index in [1.54, 1.807) is 0 Å². The molecular weight excluding hydrogens is 727 g/mol. The van der Waals surface area contributed by atoms with Gasteiger partial charge in [0.2, 0.25) is 0 Å². The molecule has 0 spiro atoms. The molecule has 0 unspecified atom stereocenters. The molecule has 3 nitrogen and oxygen atoms in total. The first kappa shape index (κ1) is 32.3. The maximum absolute atomic E-state index is 5.64. The predicted octanol–water partition coefficient (Wildman–Crippen LogP) is 10.6. The molecule has 3 aromatic heterocycles. The maximum atomic E-state index is 5.64. The van der Waals surface area contributed by atoms with Crippen LogP contribution in [0.15, 0.2) is 200 Å². The van der Waals surface area contributed by atoms with E-state index in [-0.39, 0.29) is 0 Å². The fourth-order valence-corrected chi connectivity index (χ4v) is 15.8. The standard InChI is InChI=1S/C52H33N3SSi/c1-4-17-34(18-5-1)52-53-49(51-50(54-52)41-27-12-15-30-48(41)57(51,37-21-6-2-7-22-37)38-23-8-3-9-24-38)35-19-16-20-36(31-35)55-44-28-13-10-25-39(44)42-32-43-40-26-11-14-29-46(40)56-47(43)33-45(42)55/h1-33H. The molecule has 0 radical (unpaired) electrons. The van der Waals surface area contributed by atoms with E-state index in [2.05, 4.69) is 205 Å². The van der Waals surface area contributed by atoms with E-state index >= 15 is 0 Å². The van der Waals surface area contributed by atoms with Gasteiger partial charge in [-0.25, -0.2) is 9.97 Å². The zero-order valence-electron chi connectivity index (χ0n) is 30.8. The van der Waals surface area contributed by atoms with E-state index in [1.165, 1.54) is 68.3 Å². The van der Waals surface area contributed by atoms with Crippen molar-refractivity contribution >= 4 is 82.1 Å². The van der Waals surface area contributed by atoms with Gasteiger partial charge in [0.1, 0.15) is 0 Å². The SMILES string of the molecule is c1ccc(-c2nc(-c3cccc(-n4c5ccccc5c5cc6c(cc54)sc4ccccc46)c3)c3c(n2)-c2ccccc2[Si]3(c2ccccc2)c2ccccc2)cc1. The summed E-state index contributed by atoms with van der Waals surface area (Å²) in [6, 6.07) is 73.1. The molecule has 0 aliphatic carbocycles. The second kappa shape index (κ2) is 12.5. The number of rotatable bonds is 5. The molecule has 266 valence electrons. The summed E-state index contributed by atoms with van der Waals surface area (Å²) in [5.74, 6) is 0.736. The summed E-state index contributed by atoms with van der Waals surface area (Å²) in [7, 11) is -2.93. The van der Waals surface area contributed by atoms with Gasteiger partial charge in [-0.1, -0.05) is 164 Å². The lowest BCUT2D eigenvalue weighted by Gasteiger charge is -2.32. The molecular formula is C52H33N3SSi. The Morgan fingerprint density at radius 1 is 0.421 bits per heavy atom. The van der Waals surface area contributed by atoms with Crippen molar-refractivity contribution in [3.63, 3.8) is 0 Å². The average molecular weight is 760 g/mol. The fraction of sp³-hybridized carbons (Fsp3) is 0. The van der Waals surface area contributed by atoms with E-state index in [4.69, 9.17) is 9.97 Å². The van der Waals surface area contributed by atoms with Crippen molar-refractivity contribution in [2.24, 2.45) is 0 Å². The van der Waals surface area contributed by atoms with Crippen LogP contribution in [0.25, 0.3) is 81.6 Å².